The van der Waals surface area contributed by atoms with Gasteiger partial charge in [-0.1, -0.05) is 12.7 Å². The maximum atomic E-state index is 3.74. The highest BCUT2D eigenvalue weighted by Gasteiger charge is 1.95. The highest BCUT2D eigenvalue weighted by molar-refractivity contribution is 14.1. The maximum absolute atomic E-state index is 3.74. The first-order chi connectivity index (χ1) is 5.27. The molecule has 0 atom stereocenters. The normalized spacial score (nSPS) is 9.27. The van der Waals surface area contributed by atoms with Crippen LogP contribution in [-0.2, 0) is 0 Å². The number of nitrogens with one attached hydrogen (secondary N) is 1. The van der Waals surface area contributed by atoms with E-state index in [0.717, 1.165) is 11.3 Å². The van der Waals surface area contributed by atoms with Crippen molar-refractivity contribution >= 4 is 34.4 Å². The number of anilines is 1. The van der Waals surface area contributed by atoms with Gasteiger partial charge in [0.1, 0.15) is 0 Å². The van der Waals surface area contributed by atoms with Crippen molar-refractivity contribution in [1.29, 1.82) is 0 Å². The fourth-order valence-corrected chi connectivity index (χ4v) is 1.45. The van der Waals surface area contributed by atoms with Crippen LogP contribution in [0, 0.1) is 3.57 Å². The fraction of sp³-hybridized carbons (Fsp3) is 0.111. The van der Waals surface area contributed by atoms with Gasteiger partial charge in [0.05, 0.1) is 0 Å². The van der Waals surface area contributed by atoms with Gasteiger partial charge in [0.2, 0.25) is 0 Å². The number of hydrogen-bond acceptors (Lipinski definition) is 1. The van der Waals surface area contributed by atoms with Crippen LogP contribution in [0.3, 0.4) is 0 Å². The highest BCUT2D eigenvalue weighted by atomic mass is 127. The molecule has 0 saturated carbocycles. The van der Waals surface area contributed by atoms with Crippen LogP contribution in [0.15, 0.2) is 24.8 Å². The average Bonchev–Trinajstić information content (AvgIpc) is 2.04. The third-order valence-electron chi connectivity index (χ3n) is 1.50. The van der Waals surface area contributed by atoms with E-state index < -0.39 is 0 Å². The van der Waals surface area contributed by atoms with Crippen molar-refractivity contribution in [2.75, 3.05) is 12.4 Å². The van der Waals surface area contributed by atoms with Gasteiger partial charge in [-0.3, -0.25) is 0 Å². The van der Waals surface area contributed by atoms with Crippen molar-refractivity contribution in [3.63, 3.8) is 0 Å². The minimum atomic E-state index is 1.13. The van der Waals surface area contributed by atoms with Crippen molar-refractivity contribution in [3.8, 4) is 0 Å². The lowest BCUT2D eigenvalue weighted by molar-refractivity contribution is 1.48. The van der Waals surface area contributed by atoms with Gasteiger partial charge in [-0.25, -0.2) is 0 Å². The van der Waals surface area contributed by atoms with E-state index in [1.807, 2.05) is 13.1 Å². The molecule has 0 aliphatic heterocycles. The number of benzene rings is 1. The predicted octanol–water partition coefficient (Wildman–Crippen LogP) is 2.98. The second-order valence-corrected chi connectivity index (χ2v) is 3.43. The lowest BCUT2D eigenvalue weighted by atomic mass is 10.2. The van der Waals surface area contributed by atoms with E-state index in [1.54, 1.807) is 0 Å². The Labute approximate surface area is 80.6 Å². The van der Waals surface area contributed by atoms with Gasteiger partial charge in [-0.05, 0) is 46.4 Å². The van der Waals surface area contributed by atoms with E-state index in [1.165, 1.54) is 3.57 Å². The third kappa shape index (κ3) is 1.96. The smallest absolute Gasteiger partial charge is 0.0411 e. The molecular weight excluding hydrogens is 249 g/mol. The topological polar surface area (TPSA) is 12.0 Å². The highest BCUT2D eigenvalue weighted by Crippen LogP contribution is 2.18. The van der Waals surface area contributed by atoms with Crippen molar-refractivity contribution in [3.05, 3.63) is 33.9 Å². The second kappa shape index (κ2) is 3.76. The summed E-state index contributed by atoms with van der Waals surface area (Å²) < 4.78 is 1.23. The molecule has 1 rings (SSSR count). The Morgan fingerprint density at radius 1 is 1.55 bits per heavy atom. The van der Waals surface area contributed by atoms with Crippen molar-refractivity contribution in [2.45, 2.75) is 0 Å². The molecule has 0 unspecified atom stereocenters. The molecule has 2 heteroatoms. The van der Waals surface area contributed by atoms with E-state index in [2.05, 4.69) is 52.7 Å². The molecule has 1 aromatic rings. The second-order valence-electron chi connectivity index (χ2n) is 2.19. The van der Waals surface area contributed by atoms with Gasteiger partial charge in [-0.2, -0.15) is 0 Å². The molecule has 11 heavy (non-hydrogen) atoms. The molecule has 0 heterocycles. The molecule has 1 aromatic carbocycles. The number of hydrogen-bond donors (Lipinski definition) is 1. The van der Waals surface area contributed by atoms with Crippen LogP contribution in [0.1, 0.15) is 5.56 Å². The van der Waals surface area contributed by atoms with Crippen LogP contribution >= 0.6 is 22.6 Å². The van der Waals surface area contributed by atoms with Crippen LogP contribution in [-0.4, -0.2) is 7.05 Å². The summed E-state index contributed by atoms with van der Waals surface area (Å²) in [6, 6.07) is 6.22. The summed E-state index contributed by atoms with van der Waals surface area (Å²) in [6.07, 6.45) is 1.86. The van der Waals surface area contributed by atoms with Crippen molar-refractivity contribution in [2.24, 2.45) is 0 Å². The zero-order chi connectivity index (χ0) is 8.27. The Hall–Kier alpha value is -0.510. The Morgan fingerprint density at radius 3 is 2.82 bits per heavy atom. The molecule has 1 N–H and O–H groups in total. The van der Waals surface area contributed by atoms with E-state index in [-0.39, 0.29) is 0 Å². The van der Waals surface area contributed by atoms with Crippen molar-refractivity contribution < 1.29 is 0 Å². The van der Waals surface area contributed by atoms with Crippen LogP contribution in [0.5, 0.6) is 0 Å². The van der Waals surface area contributed by atoms with E-state index in [9.17, 15) is 0 Å². The van der Waals surface area contributed by atoms with E-state index in [0.29, 0.717) is 0 Å². The lowest BCUT2D eigenvalue weighted by Gasteiger charge is -2.04. The molecule has 0 amide bonds. The minimum Gasteiger partial charge on any atom is -0.388 e. The first-order valence-electron chi connectivity index (χ1n) is 3.37. The SMILES string of the molecule is C=Cc1cc(I)ccc1NC. The summed E-state index contributed by atoms with van der Waals surface area (Å²) in [4.78, 5) is 0. The molecule has 0 aromatic heterocycles. The summed E-state index contributed by atoms with van der Waals surface area (Å²) in [5.41, 5.74) is 2.28. The number of halogens is 1. The Morgan fingerprint density at radius 2 is 2.27 bits per heavy atom. The van der Waals surface area contributed by atoms with Crippen LogP contribution in [0.4, 0.5) is 5.69 Å². The summed E-state index contributed by atoms with van der Waals surface area (Å²) in [5.74, 6) is 0. The first-order valence-corrected chi connectivity index (χ1v) is 4.45. The molecule has 58 valence electrons. The molecule has 1 nitrogen and oxygen atoms in total. The predicted molar refractivity (Wildman–Crippen MR) is 58.8 cm³/mol. The Bertz CT molecular complexity index is 268. The quantitative estimate of drug-likeness (QED) is 0.805. The molecule has 0 bridgehead atoms. The Balaban J connectivity index is 3.16. The number of rotatable bonds is 2. The summed E-state index contributed by atoms with van der Waals surface area (Å²) in [6.45, 7) is 3.74. The van der Waals surface area contributed by atoms with Gasteiger partial charge in [0.25, 0.3) is 0 Å². The zero-order valence-corrected chi connectivity index (χ0v) is 8.55. The summed E-state index contributed by atoms with van der Waals surface area (Å²) >= 11 is 2.29. The molecular formula is C9H10IN. The van der Waals surface area contributed by atoms with E-state index in [4.69, 9.17) is 0 Å². The molecule has 0 aliphatic carbocycles. The summed E-state index contributed by atoms with van der Waals surface area (Å²) in [5, 5.41) is 3.10. The van der Waals surface area contributed by atoms with Gasteiger partial charge in [0, 0.05) is 16.3 Å². The standard InChI is InChI=1S/C9H10IN/c1-3-7-6-8(10)4-5-9(7)11-2/h3-6,11H,1H2,2H3. The molecule has 0 spiro atoms. The monoisotopic (exact) mass is 259 g/mol. The molecule has 0 radical (unpaired) electrons. The van der Waals surface area contributed by atoms with Gasteiger partial charge in [0.15, 0.2) is 0 Å². The lowest BCUT2D eigenvalue weighted by Crippen LogP contribution is -1.91. The molecule has 0 saturated heterocycles. The molecule has 0 fully saturated rings. The maximum Gasteiger partial charge on any atom is 0.0411 e. The van der Waals surface area contributed by atoms with Gasteiger partial charge < -0.3 is 5.32 Å². The van der Waals surface area contributed by atoms with Crippen LogP contribution < -0.4 is 5.32 Å². The van der Waals surface area contributed by atoms with Crippen LogP contribution in [0.25, 0.3) is 6.08 Å². The van der Waals surface area contributed by atoms with Gasteiger partial charge in [-0.15, -0.1) is 0 Å². The zero-order valence-electron chi connectivity index (χ0n) is 6.39. The third-order valence-corrected chi connectivity index (χ3v) is 2.17. The van der Waals surface area contributed by atoms with Crippen LogP contribution in [0.2, 0.25) is 0 Å². The minimum absolute atomic E-state index is 1.13. The Kier molecular flexibility index (Phi) is 2.93. The first kappa shape index (κ1) is 8.59. The largest absolute Gasteiger partial charge is 0.388 e. The molecule has 0 aliphatic rings. The average molecular weight is 259 g/mol. The summed E-state index contributed by atoms with van der Waals surface area (Å²) in [7, 11) is 1.91. The van der Waals surface area contributed by atoms with E-state index >= 15 is 0 Å². The van der Waals surface area contributed by atoms with Gasteiger partial charge >= 0.3 is 0 Å². The fourth-order valence-electron chi connectivity index (χ4n) is 0.930. The van der Waals surface area contributed by atoms with Crippen molar-refractivity contribution in [1.82, 2.24) is 0 Å².